The summed E-state index contributed by atoms with van der Waals surface area (Å²) in [6.07, 6.45) is 11.6. The van der Waals surface area contributed by atoms with Gasteiger partial charge in [0.15, 0.2) is 0 Å². The molecule has 1 aromatic carbocycles. The van der Waals surface area contributed by atoms with Crippen LogP contribution >= 0.6 is 0 Å². The second kappa shape index (κ2) is 12.5. The van der Waals surface area contributed by atoms with Gasteiger partial charge in [-0.05, 0) is 74.1 Å². The minimum absolute atomic E-state index is 0.136. The fourth-order valence-corrected chi connectivity index (χ4v) is 4.94. The van der Waals surface area contributed by atoms with Gasteiger partial charge in [0.05, 0.1) is 29.9 Å². The zero-order chi connectivity index (χ0) is 22.9. The Morgan fingerprint density at radius 1 is 1.31 bits per heavy atom. The van der Waals surface area contributed by atoms with Crippen molar-refractivity contribution >= 4 is 11.4 Å². The number of likely N-dealkylation sites (tertiary alicyclic amines) is 1. The molecule has 1 aliphatic heterocycles. The standard InChI is InChI=1S/C23H36FN5O2S/c1-32(30)28-27-22-11-13-29(23(26)6-3-12-25)15-19(22)16-31-21-9-7-17(8-10-21)18-4-2-5-20(24)14-18/h2-6,12,14,17,19,21-22,27-28H,7-11,13,15-16,25-26H2,1H3/b12-3-,23-6+/t17-,19-,21+,22?,32?/m0/s1. The molecule has 0 aromatic heterocycles. The number of hydrazine groups is 1. The smallest absolute Gasteiger partial charge is 0.123 e. The average molecular weight is 466 g/mol. The van der Waals surface area contributed by atoms with Crippen molar-refractivity contribution in [2.75, 3.05) is 26.0 Å². The summed E-state index contributed by atoms with van der Waals surface area (Å²) in [5.74, 6) is 1.10. The lowest BCUT2D eigenvalue weighted by molar-refractivity contribution is -0.0165. The van der Waals surface area contributed by atoms with Crippen LogP contribution in [-0.2, 0) is 16.1 Å². The van der Waals surface area contributed by atoms with E-state index in [-0.39, 0.29) is 23.9 Å². The van der Waals surface area contributed by atoms with Gasteiger partial charge in [0.2, 0.25) is 0 Å². The molecule has 6 N–H and O–H groups in total. The van der Waals surface area contributed by atoms with Crippen molar-refractivity contribution in [3.8, 4) is 0 Å². The zero-order valence-corrected chi connectivity index (χ0v) is 19.5. The average Bonchev–Trinajstić information content (AvgIpc) is 2.80. The van der Waals surface area contributed by atoms with Crippen LogP contribution in [0.1, 0.15) is 43.6 Å². The number of hydrogen-bond donors (Lipinski definition) is 4. The van der Waals surface area contributed by atoms with Crippen LogP contribution < -0.4 is 21.7 Å². The Bertz CT molecular complexity index is 771. The molecular formula is C23H36FN5O2S. The van der Waals surface area contributed by atoms with E-state index in [4.69, 9.17) is 16.2 Å². The molecule has 0 radical (unpaired) electrons. The highest BCUT2D eigenvalue weighted by Crippen LogP contribution is 2.34. The summed E-state index contributed by atoms with van der Waals surface area (Å²) in [7, 11) is 0. The SMILES string of the molecule is C[S+]([O-])NNC1CCN(/C(N)=C/C=C\N)C[C@H]1CO[C@H]1CC[C@@H](c2cccc(F)c2)CC1. The Labute approximate surface area is 193 Å². The van der Waals surface area contributed by atoms with E-state index in [0.717, 1.165) is 50.8 Å². The van der Waals surface area contributed by atoms with Gasteiger partial charge in [0.1, 0.15) is 12.1 Å². The number of halogens is 1. The van der Waals surface area contributed by atoms with Gasteiger partial charge in [-0.25, -0.2) is 9.82 Å². The van der Waals surface area contributed by atoms with Crippen molar-refractivity contribution in [1.29, 1.82) is 0 Å². The van der Waals surface area contributed by atoms with Gasteiger partial charge in [-0.3, -0.25) is 0 Å². The van der Waals surface area contributed by atoms with Crippen LogP contribution in [0.5, 0.6) is 0 Å². The number of piperidine rings is 1. The Balaban J connectivity index is 1.53. The van der Waals surface area contributed by atoms with E-state index in [1.165, 1.54) is 12.3 Å². The van der Waals surface area contributed by atoms with Gasteiger partial charge in [-0.15, -0.1) is 0 Å². The predicted molar refractivity (Wildman–Crippen MR) is 127 cm³/mol. The molecule has 0 spiro atoms. The number of rotatable bonds is 9. The summed E-state index contributed by atoms with van der Waals surface area (Å²) in [5.41, 5.74) is 15.9. The molecule has 1 aliphatic carbocycles. The first-order chi connectivity index (χ1) is 15.5. The van der Waals surface area contributed by atoms with E-state index >= 15 is 0 Å². The van der Waals surface area contributed by atoms with Crippen molar-refractivity contribution in [1.82, 2.24) is 15.2 Å². The minimum atomic E-state index is -1.14. The lowest BCUT2D eigenvalue weighted by Gasteiger charge is -2.40. The van der Waals surface area contributed by atoms with Crippen LogP contribution in [0.15, 0.2) is 48.4 Å². The van der Waals surface area contributed by atoms with Crippen LogP contribution in [0.3, 0.4) is 0 Å². The zero-order valence-electron chi connectivity index (χ0n) is 18.7. The summed E-state index contributed by atoms with van der Waals surface area (Å²) in [5, 5.41) is 0. The third-order valence-corrected chi connectivity index (χ3v) is 6.81. The largest absolute Gasteiger partial charge is 0.597 e. The first kappa shape index (κ1) is 24.9. The lowest BCUT2D eigenvalue weighted by Crippen LogP contribution is -2.55. The van der Waals surface area contributed by atoms with Gasteiger partial charge in [0, 0.05) is 25.0 Å². The number of allylic oxidation sites excluding steroid dienone is 2. The van der Waals surface area contributed by atoms with E-state index in [0.29, 0.717) is 18.3 Å². The Morgan fingerprint density at radius 3 is 2.78 bits per heavy atom. The summed E-state index contributed by atoms with van der Waals surface area (Å²) in [6.45, 7) is 2.14. The monoisotopic (exact) mass is 465 g/mol. The normalized spacial score (nSPS) is 28.2. The quantitative estimate of drug-likeness (QED) is 0.251. The fourth-order valence-electron chi connectivity index (χ4n) is 4.63. The maximum Gasteiger partial charge on any atom is 0.123 e. The Kier molecular flexibility index (Phi) is 9.68. The maximum absolute atomic E-state index is 13.6. The topological polar surface area (TPSA) is 112 Å². The molecule has 2 fully saturated rings. The lowest BCUT2D eigenvalue weighted by atomic mass is 9.82. The van der Waals surface area contributed by atoms with Crippen molar-refractivity contribution in [3.63, 3.8) is 0 Å². The summed E-state index contributed by atoms with van der Waals surface area (Å²) < 4.78 is 31.4. The fraction of sp³-hybridized carbons (Fsp3) is 0.565. The highest BCUT2D eigenvalue weighted by atomic mass is 32.2. The number of ether oxygens (including phenoxy) is 1. The number of benzene rings is 1. The third kappa shape index (κ3) is 7.38. The van der Waals surface area contributed by atoms with Crippen molar-refractivity contribution in [2.24, 2.45) is 17.4 Å². The van der Waals surface area contributed by atoms with Crippen LogP contribution in [0.25, 0.3) is 0 Å². The first-order valence-electron chi connectivity index (χ1n) is 11.3. The van der Waals surface area contributed by atoms with Crippen LogP contribution in [0, 0.1) is 11.7 Å². The highest BCUT2D eigenvalue weighted by molar-refractivity contribution is 7.88. The van der Waals surface area contributed by atoms with Gasteiger partial charge in [-0.1, -0.05) is 17.0 Å². The molecule has 3 atom stereocenters. The van der Waals surface area contributed by atoms with Gasteiger partial charge >= 0.3 is 0 Å². The molecule has 3 rings (SSSR count). The van der Waals surface area contributed by atoms with Crippen molar-refractivity contribution in [2.45, 2.75) is 50.2 Å². The second-order valence-corrected chi connectivity index (χ2v) is 9.75. The molecule has 9 heteroatoms. The number of nitrogens with zero attached hydrogens (tertiary/aromatic N) is 1. The summed E-state index contributed by atoms with van der Waals surface area (Å²) in [4.78, 5) is 4.97. The van der Waals surface area contributed by atoms with Crippen LogP contribution in [0.2, 0.25) is 0 Å². The molecule has 7 nitrogen and oxygen atoms in total. The first-order valence-corrected chi connectivity index (χ1v) is 12.8. The minimum Gasteiger partial charge on any atom is -0.597 e. The summed E-state index contributed by atoms with van der Waals surface area (Å²) in [6, 6.07) is 7.09. The number of nitrogens with two attached hydrogens (primary N) is 2. The Hall–Kier alpha value is -1.78. The molecule has 2 aliphatic rings. The predicted octanol–water partition coefficient (Wildman–Crippen LogP) is 2.22. The van der Waals surface area contributed by atoms with Crippen LogP contribution in [-0.4, -0.2) is 47.6 Å². The maximum atomic E-state index is 13.6. The Morgan fingerprint density at radius 2 is 2.09 bits per heavy atom. The third-order valence-electron chi connectivity index (χ3n) is 6.41. The van der Waals surface area contributed by atoms with Crippen LogP contribution in [0.4, 0.5) is 4.39 Å². The molecule has 1 saturated carbocycles. The molecule has 2 unspecified atom stereocenters. The molecule has 1 heterocycles. The summed E-state index contributed by atoms with van der Waals surface area (Å²) >= 11 is -1.14. The highest BCUT2D eigenvalue weighted by Gasteiger charge is 2.32. The molecule has 1 saturated heterocycles. The van der Waals surface area contributed by atoms with Crippen molar-refractivity contribution in [3.05, 3.63) is 59.8 Å². The number of nitrogens with one attached hydrogen (secondary N) is 2. The van der Waals surface area contributed by atoms with Gasteiger partial charge < -0.3 is 25.7 Å². The van der Waals surface area contributed by atoms with Gasteiger partial charge in [-0.2, -0.15) is 0 Å². The van der Waals surface area contributed by atoms with E-state index in [9.17, 15) is 8.94 Å². The van der Waals surface area contributed by atoms with E-state index < -0.39 is 11.4 Å². The molecular weight excluding hydrogens is 429 g/mol. The molecule has 178 valence electrons. The number of hydrogen-bond acceptors (Lipinski definition) is 7. The molecule has 32 heavy (non-hydrogen) atoms. The van der Waals surface area contributed by atoms with E-state index in [2.05, 4.69) is 15.2 Å². The van der Waals surface area contributed by atoms with Gasteiger partial charge in [0.25, 0.3) is 0 Å². The molecule has 0 bridgehead atoms. The second-order valence-electron chi connectivity index (χ2n) is 8.64. The van der Waals surface area contributed by atoms with Crippen molar-refractivity contribution < 1.29 is 13.7 Å². The van der Waals surface area contributed by atoms with E-state index in [1.807, 2.05) is 6.07 Å². The molecule has 1 aromatic rings. The van der Waals surface area contributed by atoms with E-state index in [1.54, 1.807) is 30.5 Å². The molecule has 0 amide bonds.